The van der Waals surface area contributed by atoms with Gasteiger partial charge in [-0.2, -0.15) is 0 Å². The van der Waals surface area contributed by atoms with Gasteiger partial charge in [-0.3, -0.25) is 14.5 Å². The van der Waals surface area contributed by atoms with Crippen LogP contribution in [0.4, 0.5) is 10.5 Å². The van der Waals surface area contributed by atoms with Crippen molar-refractivity contribution in [2.45, 2.75) is 13.0 Å². The van der Waals surface area contributed by atoms with Crippen LogP contribution in [0.1, 0.15) is 6.92 Å². The van der Waals surface area contributed by atoms with Gasteiger partial charge in [0, 0.05) is 17.4 Å². The highest BCUT2D eigenvalue weighted by Gasteiger charge is 2.55. The minimum Gasteiger partial charge on any atom is -0.480 e. The number of carboxylic acids is 1. The van der Waals surface area contributed by atoms with E-state index in [1.165, 1.54) is 11.9 Å². The lowest BCUT2D eigenvalue weighted by molar-refractivity contribution is -0.545. The normalized spacial score (nSPS) is 24.4. The number of aliphatic imine (C=N–C) groups is 1. The van der Waals surface area contributed by atoms with Crippen LogP contribution >= 0.6 is 15.9 Å². The number of urea groups is 1. The van der Waals surface area contributed by atoms with Crippen LogP contribution in [-0.2, 0) is 9.59 Å². The van der Waals surface area contributed by atoms with Gasteiger partial charge in [-0.15, -0.1) is 0 Å². The van der Waals surface area contributed by atoms with Crippen LogP contribution in [0, 0.1) is 5.92 Å². The van der Waals surface area contributed by atoms with E-state index in [4.69, 9.17) is 5.11 Å². The van der Waals surface area contributed by atoms with Crippen molar-refractivity contribution in [2.24, 2.45) is 10.9 Å². The number of halogens is 1. The zero-order valence-corrected chi connectivity index (χ0v) is 17.0. The predicted molar refractivity (Wildman–Crippen MR) is 105 cm³/mol. The number of likely N-dealkylation sites (N-methyl/N-ethyl adjacent to an activating group) is 1. The summed E-state index contributed by atoms with van der Waals surface area (Å²) in [5.74, 6) is -0.607. The maximum absolute atomic E-state index is 13.0. The van der Waals surface area contributed by atoms with Crippen LogP contribution in [0.2, 0.25) is 0 Å². The van der Waals surface area contributed by atoms with Crippen molar-refractivity contribution >= 4 is 51.3 Å². The summed E-state index contributed by atoms with van der Waals surface area (Å²) in [5, 5.41) is 9.09. The van der Waals surface area contributed by atoms with Crippen LogP contribution in [0.25, 0.3) is 0 Å². The Morgan fingerprint density at radius 2 is 2.00 bits per heavy atom. The second-order valence-corrected chi connectivity index (χ2v) is 8.09. The van der Waals surface area contributed by atoms with E-state index in [1.807, 2.05) is 33.7 Å². The monoisotopic (exact) mass is 448 g/mol. The van der Waals surface area contributed by atoms with E-state index in [-0.39, 0.29) is 5.92 Å². The Hall–Kier alpha value is -2.75. The summed E-state index contributed by atoms with van der Waals surface area (Å²) in [7, 11) is 1.52. The molecule has 3 aliphatic rings. The molecule has 1 saturated heterocycles. The molecular weight excluding hydrogens is 430 g/mol. The molecule has 3 heterocycles. The molecule has 146 valence electrons. The van der Waals surface area contributed by atoms with Crippen molar-refractivity contribution in [3.05, 3.63) is 28.7 Å². The minimum absolute atomic E-state index is 0.241. The molecule has 28 heavy (non-hydrogen) atoms. The Balaban J connectivity index is 1.77. The Morgan fingerprint density at radius 3 is 2.64 bits per heavy atom. The maximum Gasteiger partial charge on any atom is 0.397 e. The Labute approximate surface area is 169 Å². The molecule has 0 aromatic heterocycles. The van der Waals surface area contributed by atoms with Gasteiger partial charge in [0.05, 0.1) is 13.1 Å². The van der Waals surface area contributed by atoms with E-state index < -0.39 is 30.5 Å². The van der Waals surface area contributed by atoms with Crippen molar-refractivity contribution in [3.63, 3.8) is 0 Å². The first-order valence-electron chi connectivity index (χ1n) is 8.84. The number of guanidine groups is 1. The third-order valence-corrected chi connectivity index (χ3v) is 5.59. The minimum atomic E-state index is -1.24. The topological polar surface area (TPSA) is 96.5 Å². The second-order valence-electron chi connectivity index (χ2n) is 7.18. The lowest BCUT2D eigenvalue weighted by Gasteiger charge is -2.34. The molecule has 1 aromatic carbocycles. The molecule has 2 unspecified atom stereocenters. The molecule has 0 aliphatic carbocycles. The molecule has 4 rings (SSSR count). The van der Waals surface area contributed by atoms with Crippen molar-refractivity contribution in [2.75, 3.05) is 31.6 Å². The van der Waals surface area contributed by atoms with Crippen LogP contribution < -0.4 is 4.90 Å². The van der Waals surface area contributed by atoms with Gasteiger partial charge in [-0.05, 0) is 24.3 Å². The molecular formula is C18H19BrN5O4+. The summed E-state index contributed by atoms with van der Waals surface area (Å²) in [6, 6.07) is 6.32. The highest BCUT2D eigenvalue weighted by molar-refractivity contribution is 9.10. The average Bonchev–Trinajstić information content (AvgIpc) is 3.03. The molecule has 3 aliphatic heterocycles. The molecule has 0 radical (unpaired) electrons. The van der Waals surface area contributed by atoms with Crippen LogP contribution in [0.15, 0.2) is 33.7 Å². The zero-order chi connectivity index (χ0) is 20.2. The highest BCUT2D eigenvalue weighted by Crippen LogP contribution is 2.28. The summed E-state index contributed by atoms with van der Waals surface area (Å²) in [4.78, 5) is 45.3. The second kappa shape index (κ2) is 6.69. The van der Waals surface area contributed by atoms with Gasteiger partial charge in [-0.1, -0.05) is 27.8 Å². The average molecular weight is 449 g/mol. The lowest BCUT2D eigenvalue weighted by atomic mass is 10.1. The number of anilines is 1. The summed E-state index contributed by atoms with van der Waals surface area (Å²) >= 11 is 3.43. The standard InChI is InChI=1S/C18H18BrN5O4/c1-10-7-22(12-5-3-11(19)4-6-12)17-20-15-14(23(17)8-10)16(27)24(9-13(25)26)18(28)21(15)2/h3-6,10,14H,7-9H2,1-2H3/p+1. The molecule has 1 fully saturated rings. The SMILES string of the molecule is CC1CN(c2ccc(Br)cc2)C2=[N+](C1)C1C(=O)N(CC(=O)O)C(=O)N(C)C1=N2. The number of fused-ring (bicyclic) bond motifs is 2. The molecule has 0 bridgehead atoms. The van der Waals surface area contributed by atoms with Crippen molar-refractivity contribution in [3.8, 4) is 0 Å². The van der Waals surface area contributed by atoms with E-state index >= 15 is 0 Å². The van der Waals surface area contributed by atoms with Crippen molar-refractivity contribution in [1.29, 1.82) is 0 Å². The molecule has 0 spiro atoms. The number of carbonyl (C=O) groups excluding carboxylic acids is 2. The summed E-state index contributed by atoms with van der Waals surface area (Å²) < 4.78 is 2.82. The van der Waals surface area contributed by atoms with Gasteiger partial charge in [0.1, 0.15) is 12.2 Å². The van der Waals surface area contributed by atoms with Gasteiger partial charge in [0.15, 0.2) is 0 Å². The third kappa shape index (κ3) is 2.88. The van der Waals surface area contributed by atoms with E-state index in [0.717, 1.165) is 21.6 Å². The molecule has 0 saturated carbocycles. The van der Waals surface area contributed by atoms with Gasteiger partial charge in [0.2, 0.25) is 11.9 Å². The van der Waals surface area contributed by atoms with Crippen LogP contribution in [0.3, 0.4) is 0 Å². The number of carboxylic acid groups (broad SMARTS) is 1. The lowest BCUT2D eigenvalue weighted by Crippen LogP contribution is -2.64. The summed E-state index contributed by atoms with van der Waals surface area (Å²) in [6.45, 7) is 2.73. The van der Waals surface area contributed by atoms with Crippen LogP contribution in [0.5, 0.6) is 0 Å². The number of hydrogen-bond acceptors (Lipinski definition) is 5. The van der Waals surface area contributed by atoms with Crippen molar-refractivity contribution < 1.29 is 24.1 Å². The fourth-order valence-corrected chi connectivity index (χ4v) is 4.08. The number of imide groups is 1. The van der Waals surface area contributed by atoms with E-state index in [1.54, 1.807) is 0 Å². The molecule has 1 aromatic rings. The number of aliphatic carboxylic acids is 1. The molecule has 2 atom stereocenters. The molecule has 3 amide bonds. The molecule has 1 N–H and O–H groups in total. The van der Waals surface area contributed by atoms with E-state index in [9.17, 15) is 14.4 Å². The van der Waals surface area contributed by atoms with E-state index in [0.29, 0.717) is 18.3 Å². The third-order valence-electron chi connectivity index (χ3n) is 5.06. The first kappa shape index (κ1) is 18.6. The maximum atomic E-state index is 13.0. The fourth-order valence-electron chi connectivity index (χ4n) is 3.82. The quantitative estimate of drug-likeness (QED) is 0.696. The first-order valence-corrected chi connectivity index (χ1v) is 9.63. The largest absolute Gasteiger partial charge is 0.480 e. The predicted octanol–water partition coefficient (Wildman–Crippen LogP) is 1.03. The van der Waals surface area contributed by atoms with Gasteiger partial charge in [-0.25, -0.2) is 19.2 Å². The van der Waals surface area contributed by atoms with Gasteiger partial charge < -0.3 is 5.11 Å². The number of nitrogens with zero attached hydrogens (tertiary/aromatic N) is 5. The first-order chi connectivity index (χ1) is 13.3. The molecule has 10 heteroatoms. The number of amidine groups is 1. The van der Waals surface area contributed by atoms with E-state index in [2.05, 4.69) is 27.8 Å². The fraction of sp³-hybridized carbons (Fsp3) is 0.389. The van der Waals surface area contributed by atoms with Crippen LogP contribution in [-0.4, -0.2) is 81.9 Å². The van der Waals surface area contributed by atoms with Gasteiger partial charge in [0.25, 0.3) is 5.91 Å². The summed E-state index contributed by atoms with van der Waals surface area (Å²) in [6.07, 6.45) is 0. The zero-order valence-electron chi connectivity index (χ0n) is 15.4. The smallest absolute Gasteiger partial charge is 0.397 e. The number of benzene rings is 1. The highest BCUT2D eigenvalue weighted by atomic mass is 79.9. The van der Waals surface area contributed by atoms with Crippen molar-refractivity contribution in [1.82, 2.24) is 9.80 Å². The van der Waals surface area contributed by atoms with Gasteiger partial charge >= 0.3 is 18.0 Å². The Bertz CT molecular complexity index is 942. The number of hydrogen-bond donors (Lipinski definition) is 1. The number of amides is 3. The summed E-state index contributed by atoms with van der Waals surface area (Å²) in [5.41, 5.74) is 0.932. The number of rotatable bonds is 3. The molecule has 9 nitrogen and oxygen atoms in total. The Kier molecular flexibility index (Phi) is 4.45. The number of carbonyl (C=O) groups is 3. The Morgan fingerprint density at radius 1 is 1.32 bits per heavy atom.